The van der Waals surface area contributed by atoms with Crippen LogP contribution in [0.15, 0.2) is 84.9 Å². The number of fused-ring (bicyclic) bond motifs is 2. The maximum Gasteiger partial charge on any atom is 0.107 e. The molecule has 1 N–H and O–H groups in total. The lowest BCUT2D eigenvalue weighted by Gasteiger charge is -2.37. The van der Waals surface area contributed by atoms with Gasteiger partial charge in [-0.15, -0.1) is 0 Å². The molecule has 4 unspecified atom stereocenters. The zero-order chi connectivity index (χ0) is 19.1. The van der Waals surface area contributed by atoms with Crippen LogP contribution in [0.1, 0.15) is 47.6 Å². The lowest BCUT2D eigenvalue weighted by Crippen LogP contribution is -2.42. The van der Waals surface area contributed by atoms with Crippen molar-refractivity contribution in [1.82, 2.24) is 4.90 Å². The summed E-state index contributed by atoms with van der Waals surface area (Å²) in [5, 5.41) is 11.8. The Morgan fingerprint density at radius 1 is 0.857 bits per heavy atom. The van der Waals surface area contributed by atoms with Gasteiger partial charge in [0.05, 0.1) is 6.04 Å². The van der Waals surface area contributed by atoms with E-state index in [0.29, 0.717) is 6.04 Å². The van der Waals surface area contributed by atoms with Gasteiger partial charge in [0.15, 0.2) is 0 Å². The molecule has 2 heterocycles. The second-order valence-corrected chi connectivity index (χ2v) is 8.36. The third-order valence-electron chi connectivity index (χ3n) is 6.82. The highest BCUT2D eigenvalue weighted by atomic mass is 16.3. The van der Waals surface area contributed by atoms with Gasteiger partial charge in [-0.25, -0.2) is 0 Å². The van der Waals surface area contributed by atoms with Crippen LogP contribution in [0.5, 0.6) is 0 Å². The third-order valence-corrected chi connectivity index (χ3v) is 6.82. The van der Waals surface area contributed by atoms with Gasteiger partial charge >= 0.3 is 0 Å². The number of aliphatic hydroxyl groups is 1. The largest absolute Gasteiger partial charge is 0.383 e. The van der Waals surface area contributed by atoms with Crippen molar-refractivity contribution in [2.45, 2.75) is 49.9 Å². The molecule has 142 valence electrons. The summed E-state index contributed by atoms with van der Waals surface area (Å²) in [5.74, 6) is 0. The van der Waals surface area contributed by atoms with Crippen LogP contribution in [0.25, 0.3) is 0 Å². The first-order valence-corrected chi connectivity index (χ1v) is 10.3. The molecule has 0 saturated carbocycles. The van der Waals surface area contributed by atoms with E-state index in [1.807, 2.05) is 18.2 Å². The minimum absolute atomic E-state index is 0.143. The molecule has 3 aromatic rings. The SMILES string of the molecule is Cc1ccccc1C(c1ccccc1)N1C2CCC1C(O)(c1ccccc1)C2. The molecule has 0 amide bonds. The number of hydrogen-bond acceptors (Lipinski definition) is 2. The molecular formula is C26H27NO. The molecule has 5 rings (SSSR count). The fourth-order valence-electron chi connectivity index (χ4n) is 5.56. The van der Waals surface area contributed by atoms with E-state index in [4.69, 9.17) is 0 Å². The minimum Gasteiger partial charge on any atom is -0.383 e. The molecule has 28 heavy (non-hydrogen) atoms. The fraction of sp³-hybridized carbons (Fsp3) is 0.308. The van der Waals surface area contributed by atoms with Crippen molar-refractivity contribution < 1.29 is 5.11 Å². The quantitative estimate of drug-likeness (QED) is 0.682. The van der Waals surface area contributed by atoms with Gasteiger partial charge < -0.3 is 5.11 Å². The lowest BCUT2D eigenvalue weighted by atomic mass is 9.79. The van der Waals surface area contributed by atoms with Gasteiger partial charge in [-0.05, 0) is 48.4 Å². The fourth-order valence-corrected chi connectivity index (χ4v) is 5.56. The molecule has 2 bridgehead atoms. The van der Waals surface area contributed by atoms with Crippen LogP contribution < -0.4 is 0 Å². The van der Waals surface area contributed by atoms with Crippen LogP contribution in [-0.2, 0) is 5.60 Å². The first-order valence-electron chi connectivity index (χ1n) is 10.3. The molecule has 0 radical (unpaired) electrons. The molecule has 2 nitrogen and oxygen atoms in total. The van der Waals surface area contributed by atoms with Crippen molar-refractivity contribution in [1.29, 1.82) is 0 Å². The summed E-state index contributed by atoms with van der Waals surface area (Å²) in [6, 6.07) is 30.5. The van der Waals surface area contributed by atoms with E-state index in [9.17, 15) is 5.11 Å². The van der Waals surface area contributed by atoms with E-state index in [-0.39, 0.29) is 12.1 Å². The van der Waals surface area contributed by atoms with E-state index in [0.717, 1.165) is 24.8 Å². The second-order valence-electron chi connectivity index (χ2n) is 8.36. The highest BCUT2D eigenvalue weighted by Gasteiger charge is 2.58. The minimum atomic E-state index is -0.764. The molecule has 0 aromatic heterocycles. The summed E-state index contributed by atoms with van der Waals surface area (Å²) in [7, 11) is 0. The van der Waals surface area contributed by atoms with Gasteiger partial charge in [0, 0.05) is 12.1 Å². The smallest absolute Gasteiger partial charge is 0.107 e. The van der Waals surface area contributed by atoms with Crippen LogP contribution in [0, 0.1) is 6.92 Å². The first-order chi connectivity index (χ1) is 13.7. The van der Waals surface area contributed by atoms with Gasteiger partial charge in [-0.1, -0.05) is 84.9 Å². The summed E-state index contributed by atoms with van der Waals surface area (Å²) in [5.41, 5.74) is 4.27. The number of benzene rings is 3. The van der Waals surface area contributed by atoms with Crippen molar-refractivity contribution in [2.24, 2.45) is 0 Å². The number of aryl methyl sites for hydroxylation is 1. The van der Waals surface area contributed by atoms with Crippen molar-refractivity contribution >= 4 is 0 Å². The van der Waals surface area contributed by atoms with E-state index >= 15 is 0 Å². The van der Waals surface area contributed by atoms with Gasteiger partial charge in [0.2, 0.25) is 0 Å². The highest BCUT2D eigenvalue weighted by Crippen LogP contribution is 2.54. The standard InChI is InChI=1S/C26H27NO/c1-19-10-8-9-15-23(19)25(20-11-4-2-5-12-20)27-22-16-17-24(27)26(28,18-22)21-13-6-3-7-14-21/h2-15,22,24-25,28H,16-18H2,1H3. The maximum absolute atomic E-state index is 11.8. The number of rotatable bonds is 4. The second kappa shape index (κ2) is 6.88. The topological polar surface area (TPSA) is 23.5 Å². The van der Waals surface area contributed by atoms with Crippen LogP contribution in [0.3, 0.4) is 0 Å². The highest BCUT2D eigenvalue weighted by molar-refractivity contribution is 5.39. The Labute approximate surface area is 167 Å². The summed E-state index contributed by atoms with van der Waals surface area (Å²) in [4.78, 5) is 2.62. The van der Waals surface area contributed by atoms with E-state index < -0.39 is 5.60 Å². The van der Waals surface area contributed by atoms with Crippen molar-refractivity contribution in [3.05, 3.63) is 107 Å². The number of hydrogen-bond donors (Lipinski definition) is 1. The Bertz CT molecular complexity index is 954. The predicted octanol–water partition coefficient (Wildman–Crippen LogP) is 5.21. The average molecular weight is 370 g/mol. The Balaban J connectivity index is 1.62. The molecule has 2 aliphatic rings. The van der Waals surface area contributed by atoms with Crippen LogP contribution in [0.4, 0.5) is 0 Å². The van der Waals surface area contributed by atoms with Crippen LogP contribution >= 0.6 is 0 Å². The van der Waals surface area contributed by atoms with Crippen molar-refractivity contribution in [3.63, 3.8) is 0 Å². The van der Waals surface area contributed by atoms with Gasteiger partial charge in [0.1, 0.15) is 5.60 Å². The van der Waals surface area contributed by atoms with Crippen molar-refractivity contribution in [3.8, 4) is 0 Å². The predicted molar refractivity (Wildman–Crippen MR) is 113 cm³/mol. The van der Waals surface area contributed by atoms with E-state index in [1.54, 1.807) is 0 Å². The molecule has 2 aliphatic heterocycles. The maximum atomic E-state index is 11.8. The lowest BCUT2D eigenvalue weighted by molar-refractivity contribution is -0.00713. The summed E-state index contributed by atoms with van der Waals surface area (Å²) >= 11 is 0. The molecule has 0 spiro atoms. The molecule has 2 saturated heterocycles. The van der Waals surface area contributed by atoms with Crippen molar-refractivity contribution in [2.75, 3.05) is 0 Å². The molecule has 2 fully saturated rings. The monoisotopic (exact) mass is 369 g/mol. The Morgan fingerprint density at radius 2 is 1.50 bits per heavy atom. The third kappa shape index (κ3) is 2.71. The number of nitrogens with zero attached hydrogens (tertiary/aromatic N) is 1. The summed E-state index contributed by atoms with van der Waals surface area (Å²) < 4.78 is 0. The molecule has 0 aliphatic carbocycles. The zero-order valence-corrected chi connectivity index (χ0v) is 16.3. The van der Waals surface area contributed by atoms with Gasteiger partial charge in [-0.3, -0.25) is 4.90 Å². The first kappa shape index (κ1) is 17.7. The van der Waals surface area contributed by atoms with Gasteiger partial charge in [-0.2, -0.15) is 0 Å². The normalized spacial score (nSPS) is 27.8. The van der Waals surface area contributed by atoms with E-state index in [1.165, 1.54) is 16.7 Å². The van der Waals surface area contributed by atoms with Gasteiger partial charge in [0.25, 0.3) is 0 Å². The molecular weight excluding hydrogens is 342 g/mol. The Hall–Kier alpha value is -2.42. The molecule has 4 atom stereocenters. The Morgan fingerprint density at radius 3 is 2.21 bits per heavy atom. The summed E-state index contributed by atoms with van der Waals surface area (Å²) in [6.07, 6.45) is 3.02. The molecule has 3 aromatic carbocycles. The Kier molecular flexibility index (Phi) is 4.34. The van der Waals surface area contributed by atoms with Crippen LogP contribution in [-0.4, -0.2) is 22.1 Å². The zero-order valence-electron chi connectivity index (χ0n) is 16.3. The van der Waals surface area contributed by atoms with E-state index in [2.05, 4.69) is 78.6 Å². The average Bonchev–Trinajstić information content (AvgIpc) is 3.27. The summed E-state index contributed by atoms with van der Waals surface area (Å²) in [6.45, 7) is 2.20. The van der Waals surface area contributed by atoms with Crippen LogP contribution in [0.2, 0.25) is 0 Å². The molecule has 2 heteroatoms.